The summed E-state index contributed by atoms with van der Waals surface area (Å²) in [5, 5.41) is 9.79. The van der Waals surface area contributed by atoms with Crippen molar-refractivity contribution in [3.63, 3.8) is 0 Å². The summed E-state index contributed by atoms with van der Waals surface area (Å²) in [6.07, 6.45) is 0.0876. The van der Waals surface area contributed by atoms with E-state index in [2.05, 4.69) is 15.9 Å². The van der Waals surface area contributed by atoms with Crippen LogP contribution in [0.4, 0.5) is 0 Å². The predicted octanol–water partition coefficient (Wildman–Crippen LogP) is 2.08. The van der Waals surface area contributed by atoms with Crippen molar-refractivity contribution in [2.45, 2.75) is 13.3 Å². The maximum absolute atomic E-state index is 11.5. The zero-order valence-electron chi connectivity index (χ0n) is 9.40. The van der Waals surface area contributed by atoms with Crippen molar-refractivity contribution in [2.24, 2.45) is 0 Å². The Morgan fingerprint density at radius 2 is 2.12 bits per heavy atom. The van der Waals surface area contributed by atoms with E-state index in [9.17, 15) is 14.7 Å². The van der Waals surface area contributed by atoms with Crippen LogP contribution < -0.4 is 0 Å². The molecule has 4 nitrogen and oxygen atoms in total. The predicted molar refractivity (Wildman–Crippen MR) is 66.6 cm³/mol. The van der Waals surface area contributed by atoms with Crippen molar-refractivity contribution in [3.8, 4) is 5.75 Å². The second-order valence-electron chi connectivity index (χ2n) is 3.41. The van der Waals surface area contributed by atoms with Crippen molar-refractivity contribution in [1.82, 2.24) is 0 Å². The third kappa shape index (κ3) is 3.85. The molecule has 5 heteroatoms. The lowest BCUT2D eigenvalue weighted by molar-refractivity contribution is -0.115. The SMILES string of the molecule is CCOC(=O)c1ccc(O)c(CC(=O)CBr)c1. The number of esters is 1. The summed E-state index contributed by atoms with van der Waals surface area (Å²) in [6.45, 7) is 2.00. The number of hydrogen-bond acceptors (Lipinski definition) is 4. The molecule has 0 bridgehead atoms. The largest absolute Gasteiger partial charge is 0.508 e. The van der Waals surface area contributed by atoms with Crippen LogP contribution in [-0.4, -0.2) is 28.8 Å². The molecule has 92 valence electrons. The van der Waals surface area contributed by atoms with Crippen molar-refractivity contribution in [1.29, 1.82) is 0 Å². The van der Waals surface area contributed by atoms with E-state index in [1.165, 1.54) is 18.2 Å². The molecular formula is C12H13BrO4. The standard InChI is InChI=1S/C12H13BrO4/c1-2-17-12(16)8-3-4-11(15)9(5-8)6-10(14)7-13/h3-5,15H,2,6-7H2,1H3. The highest BCUT2D eigenvalue weighted by Crippen LogP contribution is 2.20. The highest BCUT2D eigenvalue weighted by molar-refractivity contribution is 9.09. The molecule has 0 aliphatic carbocycles. The van der Waals surface area contributed by atoms with E-state index >= 15 is 0 Å². The molecule has 0 aliphatic heterocycles. The Hall–Kier alpha value is -1.36. The normalized spacial score (nSPS) is 10.0. The number of rotatable bonds is 5. The smallest absolute Gasteiger partial charge is 0.338 e. The zero-order valence-corrected chi connectivity index (χ0v) is 11.0. The first-order chi connectivity index (χ1) is 8.08. The molecule has 0 aromatic heterocycles. The first-order valence-electron chi connectivity index (χ1n) is 5.15. The number of halogens is 1. The van der Waals surface area contributed by atoms with Gasteiger partial charge in [0, 0.05) is 12.0 Å². The fourth-order valence-corrected chi connectivity index (χ4v) is 1.53. The molecular weight excluding hydrogens is 288 g/mol. The molecule has 0 heterocycles. The number of benzene rings is 1. The number of carbonyl (C=O) groups excluding carboxylic acids is 2. The van der Waals surface area contributed by atoms with Gasteiger partial charge in [-0.2, -0.15) is 0 Å². The summed E-state index contributed by atoms with van der Waals surface area (Å²) in [7, 11) is 0. The monoisotopic (exact) mass is 300 g/mol. The molecule has 0 radical (unpaired) electrons. The summed E-state index contributed by atoms with van der Waals surface area (Å²) in [5.41, 5.74) is 0.766. The van der Waals surface area contributed by atoms with Crippen LogP contribution in [-0.2, 0) is 16.0 Å². The van der Waals surface area contributed by atoms with E-state index in [-0.39, 0.29) is 29.9 Å². The topological polar surface area (TPSA) is 63.6 Å². The number of ketones is 1. The van der Waals surface area contributed by atoms with Gasteiger partial charge in [0.1, 0.15) is 11.5 Å². The second kappa shape index (κ2) is 6.39. The second-order valence-corrected chi connectivity index (χ2v) is 3.97. The van der Waals surface area contributed by atoms with Crippen LogP contribution in [0.5, 0.6) is 5.75 Å². The summed E-state index contributed by atoms with van der Waals surface area (Å²) in [6, 6.07) is 4.34. The average molecular weight is 301 g/mol. The summed E-state index contributed by atoms with van der Waals surface area (Å²) in [4.78, 5) is 22.7. The Labute approximate surface area is 108 Å². The van der Waals surface area contributed by atoms with Gasteiger partial charge < -0.3 is 9.84 Å². The molecule has 0 amide bonds. The third-order valence-electron chi connectivity index (χ3n) is 2.13. The van der Waals surface area contributed by atoms with E-state index < -0.39 is 5.97 Å². The minimum Gasteiger partial charge on any atom is -0.508 e. The molecule has 0 spiro atoms. The van der Waals surface area contributed by atoms with Crippen LogP contribution in [0.25, 0.3) is 0 Å². The molecule has 0 fully saturated rings. The zero-order chi connectivity index (χ0) is 12.8. The Balaban J connectivity index is 2.93. The van der Waals surface area contributed by atoms with Gasteiger partial charge in [0.25, 0.3) is 0 Å². The van der Waals surface area contributed by atoms with Gasteiger partial charge in [-0.15, -0.1) is 0 Å². The van der Waals surface area contributed by atoms with Gasteiger partial charge in [-0.05, 0) is 25.1 Å². The van der Waals surface area contributed by atoms with Gasteiger partial charge in [0.15, 0.2) is 0 Å². The van der Waals surface area contributed by atoms with E-state index in [1.54, 1.807) is 6.92 Å². The molecule has 0 atom stereocenters. The summed E-state index contributed by atoms with van der Waals surface area (Å²) in [5.74, 6) is -0.520. The van der Waals surface area contributed by atoms with Crippen molar-refractivity contribution in [2.75, 3.05) is 11.9 Å². The maximum atomic E-state index is 11.5. The van der Waals surface area contributed by atoms with Crippen LogP contribution in [0.3, 0.4) is 0 Å². The van der Waals surface area contributed by atoms with Gasteiger partial charge in [-0.1, -0.05) is 15.9 Å². The molecule has 1 aromatic rings. The Bertz CT molecular complexity index is 429. The van der Waals surface area contributed by atoms with Gasteiger partial charge >= 0.3 is 5.97 Å². The molecule has 0 aliphatic rings. The number of Topliss-reactive ketones (excluding diaryl/α,β-unsaturated/α-hetero) is 1. The van der Waals surface area contributed by atoms with Gasteiger partial charge in [0.05, 0.1) is 17.5 Å². The number of ether oxygens (including phenoxy) is 1. The lowest BCUT2D eigenvalue weighted by Crippen LogP contribution is -2.08. The van der Waals surface area contributed by atoms with Crippen LogP contribution in [0.1, 0.15) is 22.8 Å². The van der Waals surface area contributed by atoms with Gasteiger partial charge in [0.2, 0.25) is 0 Å². The van der Waals surface area contributed by atoms with E-state index in [0.29, 0.717) is 11.1 Å². The number of phenolic OH excluding ortho intramolecular Hbond substituents is 1. The lowest BCUT2D eigenvalue weighted by atomic mass is 10.1. The first-order valence-corrected chi connectivity index (χ1v) is 6.27. The molecule has 0 saturated carbocycles. The average Bonchev–Trinajstić information content (AvgIpc) is 2.32. The number of hydrogen-bond donors (Lipinski definition) is 1. The molecule has 1 N–H and O–H groups in total. The van der Waals surface area contributed by atoms with Crippen LogP contribution in [0.15, 0.2) is 18.2 Å². The molecule has 17 heavy (non-hydrogen) atoms. The first kappa shape index (κ1) is 13.7. The van der Waals surface area contributed by atoms with Crippen LogP contribution in [0, 0.1) is 0 Å². The van der Waals surface area contributed by atoms with Gasteiger partial charge in [-0.3, -0.25) is 4.79 Å². The highest BCUT2D eigenvalue weighted by atomic mass is 79.9. The summed E-state index contributed by atoms with van der Waals surface area (Å²) < 4.78 is 4.84. The number of alkyl halides is 1. The Kier molecular flexibility index (Phi) is 5.15. The Morgan fingerprint density at radius 3 is 2.71 bits per heavy atom. The molecule has 0 unspecified atom stereocenters. The molecule has 1 rings (SSSR count). The Morgan fingerprint density at radius 1 is 1.41 bits per heavy atom. The minimum absolute atomic E-state index is 0.00680. The fraction of sp³-hybridized carbons (Fsp3) is 0.333. The van der Waals surface area contributed by atoms with Gasteiger partial charge in [-0.25, -0.2) is 4.79 Å². The van der Waals surface area contributed by atoms with Crippen LogP contribution >= 0.6 is 15.9 Å². The van der Waals surface area contributed by atoms with E-state index in [1.807, 2.05) is 0 Å². The number of carbonyl (C=O) groups is 2. The number of phenols is 1. The quantitative estimate of drug-likeness (QED) is 0.668. The van der Waals surface area contributed by atoms with Crippen molar-refractivity contribution in [3.05, 3.63) is 29.3 Å². The van der Waals surface area contributed by atoms with Crippen LogP contribution in [0.2, 0.25) is 0 Å². The van der Waals surface area contributed by atoms with Crippen molar-refractivity contribution < 1.29 is 19.4 Å². The third-order valence-corrected chi connectivity index (χ3v) is 2.75. The summed E-state index contributed by atoms with van der Waals surface area (Å²) >= 11 is 3.05. The lowest BCUT2D eigenvalue weighted by Gasteiger charge is -2.06. The van der Waals surface area contributed by atoms with Crippen molar-refractivity contribution >= 4 is 27.7 Å². The highest BCUT2D eigenvalue weighted by Gasteiger charge is 2.12. The number of aromatic hydroxyl groups is 1. The van der Waals surface area contributed by atoms with E-state index in [4.69, 9.17) is 4.74 Å². The van der Waals surface area contributed by atoms with E-state index in [0.717, 1.165) is 0 Å². The molecule has 0 saturated heterocycles. The fourth-order valence-electron chi connectivity index (χ4n) is 1.33. The minimum atomic E-state index is -0.458. The maximum Gasteiger partial charge on any atom is 0.338 e. The molecule has 1 aromatic carbocycles.